The van der Waals surface area contributed by atoms with Gasteiger partial charge in [0.2, 0.25) is 0 Å². The van der Waals surface area contributed by atoms with Crippen molar-refractivity contribution in [3.05, 3.63) is 0 Å². The molecule has 12 nitrogen and oxygen atoms in total. The summed E-state index contributed by atoms with van der Waals surface area (Å²) in [4.78, 5) is 40.9. The number of nitrogens with one attached hydrogen (secondary N) is 2. The normalized spacial score (nSPS) is 17.0. The molecule has 0 radical (unpaired) electrons. The van der Waals surface area contributed by atoms with Gasteiger partial charge < -0.3 is 31.9 Å². The Hall–Kier alpha value is -3.47. The lowest BCUT2D eigenvalue weighted by atomic mass is 10.1. The van der Waals surface area contributed by atoms with Crippen LogP contribution in [0.4, 0.5) is 31.1 Å². The van der Waals surface area contributed by atoms with Crippen molar-refractivity contribution in [2.75, 3.05) is 32.7 Å². The molecule has 0 aromatic rings. The molecule has 2 rings (SSSR count). The lowest BCUT2D eigenvalue weighted by Crippen LogP contribution is -2.46. The van der Waals surface area contributed by atoms with E-state index < -0.39 is 24.3 Å². The third-order valence-electron chi connectivity index (χ3n) is 6.50. The summed E-state index contributed by atoms with van der Waals surface area (Å²) < 4.78 is 63.5. The van der Waals surface area contributed by atoms with E-state index in [9.17, 15) is 31.1 Å². The average molecular weight is 664 g/mol. The number of aliphatic carboxylic acids is 2. The number of hydrogen-bond donors (Lipinski definition) is 6. The van der Waals surface area contributed by atoms with Gasteiger partial charge >= 0.3 is 30.3 Å². The Bertz CT molecular complexity index is 905. The van der Waals surface area contributed by atoms with Crippen molar-refractivity contribution < 1.29 is 50.9 Å². The van der Waals surface area contributed by atoms with Gasteiger partial charge in [0.25, 0.3) is 0 Å². The number of unbranched alkanes of at least 4 members (excludes halogenated alkanes) is 5. The van der Waals surface area contributed by atoms with Crippen LogP contribution in [-0.4, -0.2) is 90.1 Å². The molecule has 1 saturated carbocycles. The highest BCUT2D eigenvalue weighted by molar-refractivity contribution is 5.95. The Labute approximate surface area is 259 Å². The van der Waals surface area contributed by atoms with Crippen molar-refractivity contribution in [1.82, 2.24) is 15.5 Å². The number of nitrogens with two attached hydrogens (primary N) is 2. The number of hydrogen-bond acceptors (Lipinski definition) is 6. The molecule has 0 saturated heterocycles. The maximum absolute atomic E-state index is 12.5. The van der Waals surface area contributed by atoms with Crippen LogP contribution in [0.15, 0.2) is 9.98 Å². The summed E-state index contributed by atoms with van der Waals surface area (Å²) in [6, 6.07) is -0.104. The summed E-state index contributed by atoms with van der Waals surface area (Å²) in [5, 5.41) is 20.2. The first-order valence-corrected chi connectivity index (χ1v) is 15.0. The number of halogens is 6. The Morgan fingerprint density at radius 2 is 1.38 bits per heavy atom. The van der Waals surface area contributed by atoms with Gasteiger partial charge in [-0.05, 0) is 44.4 Å². The van der Waals surface area contributed by atoms with Gasteiger partial charge in [-0.3, -0.25) is 15.3 Å². The lowest BCUT2D eigenvalue weighted by Gasteiger charge is -2.23. The number of carbonyl (C=O) groups excluding carboxylic acids is 1. The number of guanidine groups is 2. The molecular formula is C27H47F6N7O5. The smallest absolute Gasteiger partial charge is 0.475 e. The van der Waals surface area contributed by atoms with Crippen molar-refractivity contribution >= 4 is 29.9 Å². The quantitative estimate of drug-likeness (QED) is 0.0799. The molecule has 0 bridgehead atoms. The standard InChI is InChI=1S/C23H45N7O.2C2HF3O2/c24-21(28-19-20-13-14-20)26-15-9-5-1-3-7-11-17-30-18-12-8-4-2-6-10-16-27-22(25)29-23(30)31;2*3-2(4,5)1(6)7/h20H,1-19H2,(H3,24,26,28)(H3,25,27,29,31);2*(H,6,7). The number of carbonyl (C=O) groups is 3. The zero-order valence-corrected chi connectivity index (χ0v) is 25.4. The molecule has 18 heteroatoms. The monoisotopic (exact) mass is 663 g/mol. The number of nitrogens with zero attached hydrogens (tertiary/aromatic N) is 3. The van der Waals surface area contributed by atoms with Crippen LogP contribution >= 0.6 is 0 Å². The van der Waals surface area contributed by atoms with E-state index in [4.69, 9.17) is 31.3 Å². The van der Waals surface area contributed by atoms with Gasteiger partial charge in [0.05, 0.1) is 0 Å². The van der Waals surface area contributed by atoms with Crippen LogP contribution < -0.4 is 22.1 Å². The predicted octanol–water partition coefficient (Wildman–Crippen LogP) is 4.59. The molecule has 0 aromatic heterocycles. The SMILES string of the molecule is NC(=NCC1CC1)NCCCCCCCCN1CCCCCCCCN=C(N)NC1=O.O=C(O)C(F)(F)F.O=C(O)C(F)(F)F. The van der Waals surface area contributed by atoms with Gasteiger partial charge in [-0.25, -0.2) is 14.4 Å². The van der Waals surface area contributed by atoms with E-state index >= 15 is 0 Å². The number of amides is 2. The Balaban J connectivity index is 0.00000114. The molecule has 2 aliphatic rings. The number of alkyl halides is 6. The highest BCUT2D eigenvalue weighted by Crippen LogP contribution is 2.28. The fourth-order valence-corrected chi connectivity index (χ4v) is 3.80. The fraction of sp³-hybridized carbons (Fsp3) is 0.815. The van der Waals surface area contributed by atoms with E-state index in [0.717, 1.165) is 64.2 Å². The lowest BCUT2D eigenvalue weighted by molar-refractivity contribution is -0.193. The van der Waals surface area contributed by atoms with Crippen LogP contribution in [0, 0.1) is 5.92 Å². The van der Waals surface area contributed by atoms with Crippen molar-refractivity contribution in [1.29, 1.82) is 0 Å². The molecule has 1 heterocycles. The fourth-order valence-electron chi connectivity index (χ4n) is 3.80. The first-order chi connectivity index (χ1) is 21.0. The minimum absolute atomic E-state index is 0.104. The summed E-state index contributed by atoms with van der Waals surface area (Å²) in [5.41, 5.74) is 11.7. The molecule has 0 unspecified atom stereocenters. The molecule has 1 fully saturated rings. The van der Waals surface area contributed by atoms with Crippen LogP contribution in [0.5, 0.6) is 0 Å². The second-order valence-electron chi connectivity index (χ2n) is 10.6. The molecule has 45 heavy (non-hydrogen) atoms. The Kier molecular flexibility index (Phi) is 21.2. The molecule has 0 atom stereocenters. The van der Waals surface area contributed by atoms with Crippen LogP contribution in [-0.2, 0) is 9.59 Å². The highest BCUT2D eigenvalue weighted by Gasteiger charge is 2.38. The zero-order chi connectivity index (χ0) is 34.3. The molecular weight excluding hydrogens is 616 g/mol. The Morgan fingerprint density at radius 3 is 1.91 bits per heavy atom. The minimum Gasteiger partial charge on any atom is -0.475 e. The second kappa shape index (κ2) is 23.0. The molecule has 2 amide bonds. The van der Waals surface area contributed by atoms with Crippen LogP contribution in [0.3, 0.4) is 0 Å². The molecule has 0 spiro atoms. The van der Waals surface area contributed by atoms with Gasteiger partial charge in [-0.1, -0.05) is 51.4 Å². The third-order valence-corrected chi connectivity index (χ3v) is 6.50. The minimum atomic E-state index is -5.08. The topological polar surface area (TPSA) is 196 Å². The summed E-state index contributed by atoms with van der Waals surface area (Å²) in [6.45, 7) is 4.06. The van der Waals surface area contributed by atoms with Crippen LogP contribution in [0.25, 0.3) is 0 Å². The van der Waals surface area contributed by atoms with Gasteiger partial charge in [-0.15, -0.1) is 0 Å². The maximum atomic E-state index is 12.5. The van der Waals surface area contributed by atoms with Gasteiger partial charge in [0.15, 0.2) is 11.9 Å². The molecule has 1 aliphatic heterocycles. The van der Waals surface area contributed by atoms with E-state index in [0.29, 0.717) is 12.5 Å². The first-order valence-electron chi connectivity index (χ1n) is 15.0. The van der Waals surface area contributed by atoms with E-state index in [2.05, 4.69) is 20.6 Å². The highest BCUT2D eigenvalue weighted by atomic mass is 19.4. The van der Waals surface area contributed by atoms with Gasteiger partial charge in [0.1, 0.15) is 0 Å². The first kappa shape index (κ1) is 41.5. The number of aliphatic imine (C=N–C) groups is 2. The summed E-state index contributed by atoms with van der Waals surface area (Å²) in [5.74, 6) is -3.89. The van der Waals surface area contributed by atoms with Crippen molar-refractivity contribution in [2.45, 2.75) is 102 Å². The largest absolute Gasteiger partial charge is 0.490 e. The summed E-state index contributed by atoms with van der Waals surface area (Å²) >= 11 is 0. The number of rotatable bonds is 11. The van der Waals surface area contributed by atoms with Crippen LogP contribution in [0.2, 0.25) is 0 Å². The van der Waals surface area contributed by atoms with Gasteiger partial charge in [0, 0.05) is 32.7 Å². The summed E-state index contributed by atoms with van der Waals surface area (Å²) in [7, 11) is 0. The van der Waals surface area contributed by atoms with Crippen molar-refractivity contribution in [3.8, 4) is 0 Å². The molecule has 262 valence electrons. The average Bonchev–Trinajstić information content (AvgIpc) is 3.76. The van der Waals surface area contributed by atoms with Gasteiger partial charge in [-0.2, -0.15) is 26.3 Å². The van der Waals surface area contributed by atoms with Crippen LogP contribution in [0.1, 0.15) is 89.9 Å². The van der Waals surface area contributed by atoms with E-state index in [1.807, 2.05) is 4.90 Å². The van der Waals surface area contributed by atoms with E-state index in [1.54, 1.807) is 0 Å². The number of carboxylic acids is 2. The van der Waals surface area contributed by atoms with E-state index in [-0.39, 0.29) is 12.0 Å². The summed E-state index contributed by atoms with van der Waals surface area (Å²) in [6.07, 6.45) is 6.30. The molecule has 1 aliphatic carbocycles. The maximum Gasteiger partial charge on any atom is 0.490 e. The second-order valence-corrected chi connectivity index (χ2v) is 10.6. The third kappa shape index (κ3) is 25.5. The molecule has 8 N–H and O–H groups in total. The molecule has 0 aromatic carbocycles. The number of carboxylic acid groups (broad SMARTS) is 2. The van der Waals surface area contributed by atoms with Crippen molar-refractivity contribution in [2.24, 2.45) is 27.4 Å². The van der Waals surface area contributed by atoms with Crippen molar-refractivity contribution in [3.63, 3.8) is 0 Å². The predicted molar refractivity (Wildman–Crippen MR) is 157 cm³/mol. The number of urea groups is 1. The zero-order valence-electron chi connectivity index (χ0n) is 25.4. The Morgan fingerprint density at radius 1 is 0.889 bits per heavy atom. The van der Waals surface area contributed by atoms with E-state index in [1.165, 1.54) is 57.8 Å².